The molecule has 0 radical (unpaired) electrons. The summed E-state index contributed by atoms with van der Waals surface area (Å²) in [5.41, 5.74) is 1.58. The minimum Gasteiger partial charge on any atom is -0.497 e. The minimum absolute atomic E-state index is 0. The van der Waals surface area contributed by atoms with E-state index >= 15 is 0 Å². The average molecular weight is 498 g/mol. The molecule has 1 aliphatic rings. The van der Waals surface area contributed by atoms with Crippen LogP contribution in [0.1, 0.15) is 16.8 Å². The van der Waals surface area contributed by atoms with Crippen LogP contribution < -0.4 is 9.64 Å². The number of fused-ring (bicyclic) bond motifs is 2. The number of carbonyl (C=O) groups is 1. The first kappa shape index (κ1) is 24.4. The van der Waals surface area contributed by atoms with E-state index in [0.29, 0.717) is 12.1 Å². The summed E-state index contributed by atoms with van der Waals surface area (Å²) in [7, 11) is 1.66. The molecule has 0 saturated carbocycles. The maximum absolute atomic E-state index is 13.9. The summed E-state index contributed by atoms with van der Waals surface area (Å²) >= 11 is 1.53. The number of thiazole rings is 1. The number of nitrogens with zero attached hydrogens (tertiary/aromatic N) is 3. The van der Waals surface area contributed by atoms with E-state index in [9.17, 15) is 4.79 Å². The van der Waals surface area contributed by atoms with Crippen molar-refractivity contribution < 1.29 is 14.3 Å². The van der Waals surface area contributed by atoms with Crippen LogP contribution in [0.5, 0.6) is 5.75 Å². The van der Waals surface area contributed by atoms with Gasteiger partial charge in [-0.25, -0.2) is 4.98 Å². The molecule has 0 atom stereocenters. The topological polar surface area (TPSA) is 54.9 Å². The Morgan fingerprint density at radius 1 is 1.12 bits per heavy atom. The van der Waals surface area contributed by atoms with Gasteiger partial charge in [0.25, 0.3) is 5.91 Å². The summed E-state index contributed by atoms with van der Waals surface area (Å²) in [6.45, 7) is 4.98. The van der Waals surface area contributed by atoms with E-state index in [-0.39, 0.29) is 18.3 Å². The number of methoxy groups -OCH3 is 1. The molecule has 1 fully saturated rings. The number of morpholine rings is 1. The lowest BCUT2D eigenvalue weighted by atomic mass is 10.0. The Labute approximate surface area is 209 Å². The Morgan fingerprint density at radius 2 is 1.91 bits per heavy atom. The van der Waals surface area contributed by atoms with Crippen molar-refractivity contribution >= 4 is 55.8 Å². The van der Waals surface area contributed by atoms with Crippen molar-refractivity contribution in [2.24, 2.45) is 0 Å². The largest absolute Gasteiger partial charge is 0.497 e. The van der Waals surface area contributed by atoms with Gasteiger partial charge in [0, 0.05) is 31.7 Å². The molecule has 0 bridgehead atoms. The Bertz CT molecular complexity index is 1270. The molecule has 0 spiro atoms. The zero-order valence-electron chi connectivity index (χ0n) is 19.1. The quantitative estimate of drug-likeness (QED) is 0.349. The first-order valence-corrected chi connectivity index (χ1v) is 12.1. The van der Waals surface area contributed by atoms with Crippen LogP contribution in [0.15, 0.2) is 60.7 Å². The Morgan fingerprint density at radius 3 is 2.74 bits per heavy atom. The molecule has 1 aliphatic heterocycles. The smallest absolute Gasteiger partial charge is 0.260 e. The zero-order chi connectivity index (χ0) is 22.6. The molecule has 34 heavy (non-hydrogen) atoms. The third-order valence-electron chi connectivity index (χ3n) is 6.04. The zero-order valence-corrected chi connectivity index (χ0v) is 20.7. The maximum atomic E-state index is 13.9. The van der Waals surface area contributed by atoms with Gasteiger partial charge in [0.05, 0.1) is 30.5 Å². The standard InChI is InChI=1S/C26H27N3O3S.ClH/c1-31-20-10-11-23-24(18-20)33-26(27-23)29(13-5-12-28-14-16-32-17-15-28)25(30)22-9-4-7-19-6-2-3-8-21(19)22;/h2-4,6-11,18H,5,12-17H2,1H3;1H. The number of anilines is 1. The third kappa shape index (κ3) is 5.18. The summed E-state index contributed by atoms with van der Waals surface area (Å²) in [6.07, 6.45) is 0.871. The monoisotopic (exact) mass is 497 g/mol. The highest BCUT2D eigenvalue weighted by Gasteiger charge is 2.23. The van der Waals surface area contributed by atoms with Gasteiger partial charge in [-0.2, -0.15) is 0 Å². The van der Waals surface area contributed by atoms with Crippen LogP contribution in [-0.2, 0) is 4.74 Å². The summed E-state index contributed by atoms with van der Waals surface area (Å²) in [6, 6.07) is 19.8. The first-order chi connectivity index (χ1) is 16.2. The average Bonchev–Trinajstić information content (AvgIpc) is 3.29. The number of aromatic nitrogens is 1. The number of amides is 1. The number of rotatable bonds is 7. The molecule has 0 unspecified atom stereocenters. The summed E-state index contributed by atoms with van der Waals surface area (Å²) in [4.78, 5) is 22.9. The number of carbonyl (C=O) groups excluding carboxylic acids is 1. The second-order valence-corrected chi connectivity index (χ2v) is 9.13. The highest BCUT2D eigenvalue weighted by Crippen LogP contribution is 2.33. The van der Waals surface area contributed by atoms with Crippen LogP contribution >= 0.6 is 23.7 Å². The van der Waals surface area contributed by atoms with Crippen molar-refractivity contribution in [3.05, 3.63) is 66.2 Å². The molecular weight excluding hydrogens is 470 g/mol. The second kappa shape index (κ2) is 11.1. The number of halogens is 1. The molecular formula is C26H28ClN3O3S. The van der Waals surface area contributed by atoms with Gasteiger partial charge in [0.15, 0.2) is 5.13 Å². The molecule has 0 aliphatic carbocycles. The maximum Gasteiger partial charge on any atom is 0.260 e. The van der Waals surface area contributed by atoms with E-state index in [0.717, 1.165) is 71.1 Å². The van der Waals surface area contributed by atoms with Crippen LogP contribution in [0.4, 0.5) is 5.13 Å². The minimum atomic E-state index is -0.0141. The molecule has 4 aromatic rings. The molecule has 3 aromatic carbocycles. The number of hydrogen-bond acceptors (Lipinski definition) is 6. The second-order valence-electron chi connectivity index (χ2n) is 8.12. The molecule has 8 heteroatoms. The normalized spacial score (nSPS) is 14.1. The fourth-order valence-corrected chi connectivity index (χ4v) is 5.27. The highest BCUT2D eigenvalue weighted by molar-refractivity contribution is 7.22. The van der Waals surface area contributed by atoms with E-state index in [4.69, 9.17) is 14.5 Å². The Balaban J connectivity index is 0.00000274. The van der Waals surface area contributed by atoms with Crippen molar-refractivity contribution in [3.63, 3.8) is 0 Å². The molecule has 0 N–H and O–H groups in total. The van der Waals surface area contributed by atoms with E-state index in [1.165, 1.54) is 11.3 Å². The SMILES string of the molecule is COc1ccc2nc(N(CCCN3CCOCC3)C(=O)c3cccc4ccccc34)sc2c1.Cl. The third-order valence-corrected chi connectivity index (χ3v) is 7.08. The van der Waals surface area contributed by atoms with Gasteiger partial charge in [-0.15, -0.1) is 12.4 Å². The van der Waals surface area contributed by atoms with Gasteiger partial charge in [-0.1, -0.05) is 47.7 Å². The molecule has 2 heterocycles. The van der Waals surface area contributed by atoms with Gasteiger partial charge in [0.1, 0.15) is 5.75 Å². The van der Waals surface area contributed by atoms with Crippen LogP contribution in [-0.4, -0.2) is 62.3 Å². The van der Waals surface area contributed by atoms with Crippen LogP contribution in [0.25, 0.3) is 21.0 Å². The fourth-order valence-electron chi connectivity index (χ4n) is 4.25. The molecule has 1 saturated heterocycles. The summed E-state index contributed by atoms with van der Waals surface area (Å²) < 4.78 is 11.8. The van der Waals surface area contributed by atoms with Gasteiger partial charge in [0.2, 0.25) is 0 Å². The van der Waals surface area contributed by atoms with Crippen molar-refractivity contribution in [1.82, 2.24) is 9.88 Å². The van der Waals surface area contributed by atoms with Crippen molar-refractivity contribution in [1.29, 1.82) is 0 Å². The van der Waals surface area contributed by atoms with E-state index in [1.54, 1.807) is 7.11 Å². The van der Waals surface area contributed by atoms with Crippen LogP contribution in [0.3, 0.4) is 0 Å². The Kier molecular flexibility index (Phi) is 8.00. The molecule has 1 aromatic heterocycles. The molecule has 1 amide bonds. The number of ether oxygens (including phenoxy) is 2. The summed E-state index contributed by atoms with van der Waals surface area (Å²) in [5, 5.41) is 2.75. The molecule has 178 valence electrons. The number of hydrogen-bond donors (Lipinski definition) is 0. The van der Waals surface area contributed by atoms with Gasteiger partial charge < -0.3 is 9.47 Å². The Hall–Kier alpha value is -2.71. The lowest BCUT2D eigenvalue weighted by molar-refractivity contribution is 0.0376. The highest BCUT2D eigenvalue weighted by atomic mass is 35.5. The predicted molar refractivity (Wildman–Crippen MR) is 141 cm³/mol. The van der Waals surface area contributed by atoms with E-state index in [2.05, 4.69) is 4.90 Å². The van der Waals surface area contributed by atoms with Gasteiger partial charge in [-0.3, -0.25) is 14.6 Å². The van der Waals surface area contributed by atoms with Gasteiger partial charge in [-0.05, 0) is 41.5 Å². The summed E-state index contributed by atoms with van der Waals surface area (Å²) in [5.74, 6) is 0.775. The number of benzene rings is 3. The van der Waals surface area contributed by atoms with Gasteiger partial charge >= 0.3 is 0 Å². The van der Waals surface area contributed by atoms with Crippen molar-refractivity contribution in [3.8, 4) is 5.75 Å². The fraction of sp³-hybridized carbons (Fsp3) is 0.308. The van der Waals surface area contributed by atoms with E-state index < -0.39 is 0 Å². The van der Waals surface area contributed by atoms with E-state index in [1.807, 2.05) is 65.6 Å². The molecule has 5 rings (SSSR count). The van der Waals surface area contributed by atoms with Crippen LogP contribution in [0.2, 0.25) is 0 Å². The lowest BCUT2D eigenvalue weighted by Gasteiger charge is -2.28. The molecule has 6 nitrogen and oxygen atoms in total. The predicted octanol–water partition coefficient (Wildman–Crippen LogP) is 5.25. The van der Waals surface area contributed by atoms with Crippen molar-refractivity contribution in [2.45, 2.75) is 6.42 Å². The first-order valence-electron chi connectivity index (χ1n) is 11.3. The lowest BCUT2D eigenvalue weighted by Crippen LogP contribution is -2.39. The van der Waals surface area contributed by atoms with Crippen LogP contribution in [0, 0.1) is 0 Å². The van der Waals surface area contributed by atoms with Crippen molar-refractivity contribution in [2.75, 3.05) is 51.4 Å².